The topological polar surface area (TPSA) is 108 Å². The van der Waals surface area contributed by atoms with Crippen LogP contribution in [0.1, 0.15) is 12.2 Å². The van der Waals surface area contributed by atoms with Gasteiger partial charge in [-0.3, -0.25) is 0 Å². The first kappa shape index (κ1) is 15.0. The third-order valence-corrected chi connectivity index (χ3v) is 2.66. The van der Waals surface area contributed by atoms with Crippen molar-refractivity contribution < 1.29 is 19.8 Å². The molecule has 0 bridgehead atoms. The molecule has 19 heavy (non-hydrogen) atoms. The fourth-order valence-corrected chi connectivity index (χ4v) is 1.48. The van der Waals surface area contributed by atoms with Crippen molar-refractivity contribution in [2.24, 2.45) is 7.05 Å². The number of aromatic nitrogens is 2. The normalized spacial score (nSPS) is 11.9. The Hall–Kier alpha value is -2.09. The highest BCUT2D eigenvalue weighted by Crippen LogP contribution is 2.01. The number of aryl methyl sites for hydroxylation is 1. The van der Waals surface area contributed by atoms with Crippen molar-refractivity contribution in [3.8, 4) is 0 Å². The van der Waals surface area contributed by atoms with E-state index in [9.17, 15) is 9.59 Å². The van der Waals surface area contributed by atoms with Crippen LogP contribution in [0.2, 0.25) is 0 Å². The average molecular weight is 270 g/mol. The number of carboxylic acids is 1. The zero-order valence-corrected chi connectivity index (χ0v) is 10.9. The van der Waals surface area contributed by atoms with Gasteiger partial charge in [0, 0.05) is 39.5 Å². The molecule has 0 aromatic carbocycles. The average Bonchev–Trinajstić information content (AvgIpc) is 2.74. The molecule has 0 radical (unpaired) electrons. The number of urea groups is 1. The van der Waals surface area contributed by atoms with Crippen LogP contribution in [0.5, 0.6) is 0 Å². The number of rotatable bonds is 6. The summed E-state index contributed by atoms with van der Waals surface area (Å²) in [5.41, 5.74) is 0. The summed E-state index contributed by atoms with van der Waals surface area (Å²) >= 11 is 0. The van der Waals surface area contributed by atoms with Gasteiger partial charge in [0.1, 0.15) is 11.9 Å². The second-order valence-corrected chi connectivity index (χ2v) is 4.16. The Morgan fingerprint density at radius 2 is 2.26 bits per heavy atom. The summed E-state index contributed by atoms with van der Waals surface area (Å²) in [5, 5.41) is 20.0. The van der Waals surface area contributed by atoms with Gasteiger partial charge in [-0.2, -0.15) is 0 Å². The summed E-state index contributed by atoms with van der Waals surface area (Å²) in [5.74, 6) is -0.487. The molecule has 0 saturated carbocycles. The number of aliphatic hydroxyl groups excluding tert-OH is 1. The Labute approximate surface area is 110 Å². The Kier molecular flexibility index (Phi) is 5.31. The van der Waals surface area contributed by atoms with Gasteiger partial charge in [-0.1, -0.05) is 0 Å². The first-order valence-corrected chi connectivity index (χ1v) is 5.77. The van der Waals surface area contributed by atoms with Crippen LogP contribution >= 0.6 is 0 Å². The van der Waals surface area contributed by atoms with Crippen LogP contribution in [-0.4, -0.2) is 56.4 Å². The van der Waals surface area contributed by atoms with E-state index in [-0.39, 0.29) is 19.6 Å². The minimum Gasteiger partial charge on any atom is -0.480 e. The maximum atomic E-state index is 11.8. The van der Waals surface area contributed by atoms with Gasteiger partial charge in [-0.05, 0) is 0 Å². The molecule has 1 heterocycles. The van der Waals surface area contributed by atoms with E-state index >= 15 is 0 Å². The molecule has 8 heteroatoms. The predicted octanol–water partition coefficient (Wildman–Crippen LogP) is -0.603. The van der Waals surface area contributed by atoms with E-state index in [2.05, 4.69) is 10.3 Å². The first-order chi connectivity index (χ1) is 8.95. The highest BCUT2D eigenvalue weighted by Gasteiger charge is 2.21. The Morgan fingerprint density at radius 3 is 2.74 bits per heavy atom. The maximum Gasteiger partial charge on any atom is 0.326 e. The Balaban J connectivity index is 2.57. The number of hydrogen-bond donors (Lipinski definition) is 3. The third kappa shape index (κ3) is 4.25. The van der Waals surface area contributed by atoms with E-state index in [0.29, 0.717) is 5.82 Å². The lowest BCUT2D eigenvalue weighted by Crippen LogP contribution is -2.47. The minimum atomic E-state index is -1.17. The number of carbonyl (C=O) groups is 2. The van der Waals surface area contributed by atoms with Crippen LogP contribution in [0.3, 0.4) is 0 Å². The smallest absolute Gasteiger partial charge is 0.326 e. The van der Waals surface area contributed by atoms with Crippen molar-refractivity contribution in [3.63, 3.8) is 0 Å². The molecule has 0 aliphatic rings. The van der Waals surface area contributed by atoms with Gasteiger partial charge in [0.05, 0.1) is 6.54 Å². The molecule has 0 fully saturated rings. The molecule has 1 aromatic rings. The van der Waals surface area contributed by atoms with E-state index in [1.165, 1.54) is 4.90 Å². The van der Waals surface area contributed by atoms with Crippen LogP contribution in [-0.2, 0) is 18.4 Å². The zero-order valence-electron chi connectivity index (χ0n) is 10.9. The van der Waals surface area contributed by atoms with Crippen molar-refractivity contribution in [3.05, 3.63) is 18.2 Å². The molecule has 0 aliphatic carbocycles. The van der Waals surface area contributed by atoms with Crippen LogP contribution in [0, 0.1) is 0 Å². The molecule has 2 amide bonds. The van der Waals surface area contributed by atoms with Gasteiger partial charge in [0.25, 0.3) is 0 Å². The fraction of sp³-hybridized carbons (Fsp3) is 0.545. The number of aliphatic carboxylic acids is 1. The minimum absolute atomic E-state index is 0.0304. The fourth-order valence-electron chi connectivity index (χ4n) is 1.48. The number of carbonyl (C=O) groups excluding carboxylic acids is 1. The van der Waals surface area contributed by atoms with Gasteiger partial charge in [-0.15, -0.1) is 0 Å². The second-order valence-electron chi connectivity index (χ2n) is 4.16. The standard InChI is InChI=1S/C11H18N4O4/c1-14-5-4-12-9(14)7-15(2)11(19)13-8(3-6-16)10(17)18/h4-5,8,16H,3,6-7H2,1-2H3,(H,13,19)(H,17,18). The highest BCUT2D eigenvalue weighted by atomic mass is 16.4. The number of aliphatic hydroxyl groups is 1. The van der Waals surface area contributed by atoms with Crippen LogP contribution in [0.4, 0.5) is 4.79 Å². The van der Waals surface area contributed by atoms with Crippen molar-refractivity contribution >= 4 is 12.0 Å². The molecule has 3 N–H and O–H groups in total. The van der Waals surface area contributed by atoms with E-state index in [1.807, 2.05) is 0 Å². The largest absolute Gasteiger partial charge is 0.480 e. The zero-order chi connectivity index (χ0) is 14.4. The van der Waals surface area contributed by atoms with Crippen LogP contribution < -0.4 is 5.32 Å². The molecular formula is C11H18N4O4. The van der Waals surface area contributed by atoms with Gasteiger partial charge in [-0.25, -0.2) is 14.6 Å². The van der Waals surface area contributed by atoms with Crippen molar-refractivity contribution in [2.75, 3.05) is 13.7 Å². The first-order valence-electron chi connectivity index (χ1n) is 5.77. The lowest BCUT2D eigenvalue weighted by atomic mass is 10.2. The monoisotopic (exact) mass is 270 g/mol. The molecule has 1 rings (SSSR count). The highest BCUT2D eigenvalue weighted by molar-refractivity contribution is 5.82. The van der Waals surface area contributed by atoms with Crippen molar-refractivity contribution in [1.82, 2.24) is 19.8 Å². The van der Waals surface area contributed by atoms with Crippen LogP contribution in [0.25, 0.3) is 0 Å². The molecular weight excluding hydrogens is 252 g/mol. The predicted molar refractivity (Wildman–Crippen MR) is 66.3 cm³/mol. The quantitative estimate of drug-likeness (QED) is 0.639. The van der Waals surface area contributed by atoms with Gasteiger partial charge >= 0.3 is 12.0 Å². The summed E-state index contributed by atoms with van der Waals surface area (Å²) < 4.78 is 1.77. The van der Waals surface area contributed by atoms with E-state index in [1.54, 1.807) is 31.1 Å². The molecule has 0 aliphatic heterocycles. The maximum absolute atomic E-state index is 11.8. The number of carboxylic acid groups (broad SMARTS) is 1. The van der Waals surface area contributed by atoms with Gasteiger partial charge in [0.15, 0.2) is 0 Å². The number of amides is 2. The molecule has 8 nitrogen and oxygen atoms in total. The summed E-state index contributed by atoms with van der Waals surface area (Å²) in [6.45, 7) is -0.0406. The number of nitrogens with one attached hydrogen (secondary N) is 1. The van der Waals surface area contributed by atoms with E-state index < -0.39 is 18.0 Å². The van der Waals surface area contributed by atoms with Crippen molar-refractivity contribution in [2.45, 2.75) is 19.0 Å². The number of imidazole rings is 1. The Bertz CT molecular complexity index is 446. The van der Waals surface area contributed by atoms with E-state index in [4.69, 9.17) is 10.2 Å². The summed E-state index contributed by atoms with van der Waals surface area (Å²) in [6.07, 6.45) is 3.34. The van der Waals surface area contributed by atoms with Gasteiger partial charge < -0.3 is 25.0 Å². The number of nitrogens with zero attached hydrogens (tertiary/aromatic N) is 3. The third-order valence-electron chi connectivity index (χ3n) is 2.66. The lowest BCUT2D eigenvalue weighted by molar-refractivity contribution is -0.139. The van der Waals surface area contributed by atoms with Crippen molar-refractivity contribution in [1.29, 1.82) is 0 Å². The summed E-state index contributed by atoms with van der Waals surface area (Å²) in [6, 6.07) is -1.62. The summed E-state index contributed by atoms with van der Waals surface area (Å²) in [7, 11) is 3.35. The SMILES string of the molecule is CN(Cc1nccn1C)C(=O)NC(CCO)C(=O)O. The lowest BCUT2D eigenvalue weighted by Gasteiger charge is -2.20. The van der Waals surface area contributed by atoms with E-state index in [0.717, 1.165) is 0 Å². The molecule has 0 saturated heterocycles. The molecule has 1 aromatic heterocycles. The molecule has 0 spiro atoms. The molecule has 1 atom stereocenters. The molecule has 1 unspecified atom stereocenters. The molecule has 106 valence electrons. The van der Waals surface area contributed by atoms with Gasteiger partial charge in [0.2, 0.25) is 0 Å². The number of hydrogen-bond acceptors (Lipinski definition) is 4. The van der Waals surface area contributed by atoms with Crippen LogP contribution in [0.15, 0.2) is 12.4 Å². The second kappa shape index (κ2) is 6.74. The summed E-state index contributed by atoms with van der Waals surface area (Å²) in [4.78, 5) is 28.1. The Morgan fingerprint density at radius 1 is 1.58 bits per heavy atom.